The van der Waals surface area contributed by atoms with E-state index in [0.29, 0.717) is 23.6 Å². The Morgan fingerprint density at radius 3 is 2.16 bits per heavy atom. The average molecular weight is 534 g/mol. The first kappa shape index (κ1) is 25.5. The lowest BCUT2D eigenvalue weighted by Gasteiger charge is -2.29. The lowest BCUT2D eigenvalue weighted by molar-refractivity contribution is 0.0952. The molecule has 1 amide bonds. The van der Waals surface area contributed by atoms with Crippen molar-refractivity contribution in [2.75, 3.05) is 25.8 Å². The van der Waals surface area contributed by atoms with Crippen LogP contribution in [0.25, 0.3) is 0 Å². The van der Waals surface area contributed by atoms with Gasteiger partial charge in [0.1, 0.15) is 30.5 Å². The number of amides is 1. The Morgan fingerprint density at radius 2 is 1.53 bits per heavy atom. The Hall–Kier alpha value is -4.17. The number of rotatable bonds is 9. The number of methoxy groups -OCH3 is 2. The second-order valence-electron chi connectivity index (χ2n) is 8.75. The van der Waals surface area contributed by atoms with Gasteiger partial charge in [-0.15, -0.1) is 0 Å². The molecule has 1 aliphatic heterocycles. The number of benzene rings is 3. The average Bonchev–Trinajstić information content (AvgIpc) is 3.45. The third-order valence-electron chi connectivity index (χ3n) is 6.35. The molecule has 0 atom stereocenters. The van der Waals surface area contributed by atoms with Crippen LogP contribution in [0.5, 0.6) is 23.0 Å². The fourth-order valence-corrected chi connectivity index (χ4v) is 4.56. The minimum atomic E-state index is -0.232. The van der Waals surface area contributed by atoms with Gasteiger partial charge >= 0.3 is 0 Å². The Kier molecular flexibility index (Phi) is 7.70. The van der Waals surface area contributed by atoms with Crippen LogP contribution in [0.1, 0.15) is 33.7 Å². The number of carbonyl (C=O) groups is 1. The van der Waals surface area contributed by atoms with E-state index in [-0.39, 0.29) is 24.1 Å². The summed E-state index contributed by atoms with van der Waals surface area (Å²) >= 11 is 6.85. The summed E-state index contributed by atoms with van der Waals surface area (Å²) in [6.45, 7) is 1.09. The first-order valence-electron chi connectivity index (χ1n) is 12.3. The van der Waals surface area contributed by atoms with Crippen molar-refractivity contribution < 1.29 is 23.7 Å². The van der Waals surface area contributed by atoms with Gasteiger partial charge in [0.15, 0.2) is 11.5 Å². The summed E-state index contributed by atoms with van der Waals surface area (Å²) in [5, 5.41) is 1.85. The zero-order valence-electron chi connectivity index (χ0n) is 21.2. The van der Waals surface area contributed by atoms with Crippen molar-refractivity contribution in [2.24, 2.45) is 0 Å². The first-order valence-corrected chi connectivity index (χ1v) is 12.6. The molecule has 0 saturated heterocycles. The lowest BCUT2D eigenvalue weighted by atomic mass is 10.1. The molecular formula is C29H28ClN3O5. The van der Waals surface area contributed by atoms with E-state index >= 15 is 0 Å². The maximum Gasteiger partial charge on any atom is 0.274 e. The number of ether oxygens (including phenoxy) is 4. The van der Waals surface area contributed by atoms with E-state index < -0.39 is 0 Å². The van der Waals surface area contributed by atoms with Crippen molar-refractivity contribution >= 4 is 17.5 Å². The van der Waals surface area contributed by atoms with E-state index in [2.05, 4.69) is 4.98 Å². The Balaban J connectivity index is 1.42. The number of imidazole rings is 1. The number of carbonyl (C=O) groups excluding carboxylic acids is 1. The predicted octanol–water partition coefficient (Wildman–Crippen LogP) is 5.44. The fraction of sp³-hybridized carbons (Fsp3) is 0.241. The first-order chi connectivity index (χ1) is 18.6. The lowest BCUT2D eigenvalue weighted by Crippen LogP contribution is -2.44. The second kappa shape index (κ2) is 11.5. The van der Waals surface area contributed by atoms with E-state index in [1.807, 2.05) is 48.5 Å². The SMILES string of the molecule is COc1ccc(COc2ccc(C(=O)N3CCCc4nccn43)c(Cl)c2OCc2ccc(OC)cc2)cc1. The van der Waals surface area contributed by atoms with E-state index in [1.54, 1.807) is 48.4 Å². The third kappa shape index (κ3) is 5.40. The summed E-state index contributed by atoms with van der Waals surface area (Å²) in [5.41, 5.74) is 2.19. The van der Waals surface area contributed by atoms with E-state index in [0.717, 1.165) is 41.3 Å². The van der Waals surface area contributed by atoms with E-state index in [9.17, 15) is 4.79 Å². The highest BCUT2D eigenvalue weighted by Gasteiger charge is 2.27. The number of aromatic nitrogens is 2. The highest BCUT2D eigenvalue weighted by atomic mass is 35.5. The van der Waals surface area contributed by atoms with Gasteiger partial charge in [-0.25, -0.2) is 14.7 Å². The van der Waals surface area contributed by atoms with Gasteiger partial charge in [-0.3, -0.25) is 4.79 Å². The second-order valence-corrected chi connectivity index (χ2v) is 9.13. The molecule has 1 aliphatic rings. The van der Waals surface area contributed by atoms with Crippen LogP contribution < -0.4 is 24.0 Å². The molecule has 0 saturated carbocycles. The third-order valence-corrected chi connectivity index (χ3v) is 6.72. The van der Waals surface area contributed by atoms with Gasteiger partial charge in [0.25, 0.3) is 5.91 Å². The summed E-state index contributed by atoms with van der Waals surface area (Å²) in [6, 6.07) is 18.5. The standard InChI is InChI=1S/C29H28ClN3O5/c1-35-22-9-5-20(6-10-22)18-37-25-14-13-24(29(34)33-16-3-4-26-31-15-17-32(26)33)27(30)28(25)38-19-21-7-11-23(36-2)12-8-21/h5-15,17H,3-4,16,18-19H2,1-2H3. The van der Waals surface area contributed by atoms with Crippen LogP contribution in [0.4, 0.5) is 0 Å². The highest BCUT2D eigenvalue weighted by molar-refractivity contribution is 6.36. The summed E-state index contributed by atoms with van der Waals surface area (Å²) in [5.74, 6) is 2.88. The molecule has 9 heteroatoms. The van der Waals surface area contributed by atoms with Crippen molar-refractivity contribution in [1.82, 2.24) is 9.66 Å². The van der Waals surface area contributed by atoms with Gasteiger partial charge in [0.2, 0.25) is 0 Å². The van der Waals surface area contributed by atoms with Crippen LogP contribution >= 0.6 is 11.6 Å². The van der Waals surface area contributed by atoms with Crippen LogP contribution in [0.3, 0.4) is 0 Å². The molecule has 38 heavy (non-hydrogen) atoms. The monoisotopic (exact) mass is 533 g/mol. The van der Waals surface area contributed by atoms with Crippen molar-refractivity contribution in [2.45, 2.75) is 26.1 Å². The maximum atomic E-state index is 13.6. The predicted molar refractivity (Wildman–Crippen MR) is 144 cm³/mol. The summed E-state index contributed by atoms with van der Waals surface area (Å²) in [4.78, 5) is 18.0. The van der Waals surface area contributed by atoms with E-state index in [4.69, 9.17) is 30.5 Å². The van der Waals surface area contributed by atoms with Crippen LogP contribution in [0.15, 0.2) is 73.1 Å². The van der Waals surface area contributed by atoms with Crippen molar-refractivity contribution in [1.29, 1.82) is 0 Å². The summed E-state index contributed by atoms with van der Waals surface area (Å²) in [6.07, 6.45) is 5.12. The number of nitrogens with zero attached hydrogens (tertiary/aromatic N) is 3. The molecule has 5 rings (SSSR count). The molecule has 0 fully saturated rings. The molecule has 0 bridgehead atoms. The molecule has 0 N–H and O–H groups in total. The summed E-state index contributed by atoms with van der Waals surface area (Å²) < 4.78 is 24.5. The zero-order valence-corrected chi connectivity index (χ0v) is 22.0. The quantitative estimate of drug-likeness (QED) is 0.285. The van der Waals surface area contributed by atoms with Gasteiger partial charge in [-0.05, 0) is 53.9 Å². The highest BCUT2D eigenvalue weighted by Crippen LogP contribution is 2.39. The molecule has 3 aromatic carbocycles. The zero-order chi connectivity index (χ0) is 26.5. The Morgan fingerprint density at radius 1 is 0.895 bits per heavy atom. The normalized spacial score (nSPS) is 12.6. The summed E-state index contributed by atoms with van der Waals surface area (Å²) in [7, 11) is 3.25. The van der Waals surface area contributed by atoms with E-state index in [1.165, 1.54) is 0 Å². The topological polar surface area (TPSA) is 75.1 Å². The number of halogens is 1. The maximum absolute atomic E-state index is 13.6. The van der Waals surface area contributed by atoms with Gasteiger partial charge < -0.3 is 18.9 Å². The molecule has 0 unspecified atom stereocenters. The number of hydrogen-bond acceptors (Lipinski definition) is 6. The molecular weight excluding hydrogens is 506 g/mol. The molecule has 0 spiro atoms. The molecule has 4 aromatic rings. The largest absolute Gasteiger partial charge is 0.497 e. The number of aryl methyl sites for hydroxylation is 1. The van der Waals surface area contributed by atoms with Gasteiger partial charge in [-0.2, -0.15) is 0 Å². The van der Waals surface area contributed by atoms with Crippen LogP contribution in [-0.4, -0.2) is 36.3 Å². The van der Waals surface area contributed by atoms with Crippen molar-refractivity contribution in [3.8, 4) is 23.0 Å². The van der Waals surface area contributed by atoms with Crippen LogP contribution in [0, 0.1) is 0 Å². The minimum absolute atomic E-state index is 0.197. The molecule has 196 valence electrons. The van der Waals surface area contributed by atoms with Gasteiger partial charge in [0.05, 0.1) is 24.8 Å². The Bertz CT molecular complexity index is 1400. The molecule has 1 aromatic heterocycles. The molecule has 8 nitrogen and oxygen atoms in total. The van der Waals surface area contributed by atoms with Crippen molar-refractivity contribution in [3.05, 3.63) is 101 Å². The molecule has 0 aliphatic carbocycles. The molecule has 0 radical (unpaired) electrons. The van der Waals surface area contributed by atoms with Gasteiger partial charge in [-0.1, -0.05) is 35.9 Å². The molecule has 2 heterocycles. The number of fused-ring (bicyclic) bond motifs is 1. The fourth-order valence-electron chi connectivity index (χ4n) is 4.27. The minimum Gasteiger partial charge on any atom is -0.497 e. The van der Waals surface area contributed by atoms with Crippen molar-refractivity contribution in [3.63, 3.8) is 0 Å². The van der Waals surface area contributed by atoms with Gasteiger partial charge in [0, 0.05) is 25.4 Å². The van der Waals surface area contributed by atoms with Crippen LogP contribution in [0.2, 0.25) is 5.02 Å². The number of hydrogen-bond donors (Lipinski definition) is 0. The smallest absolute Gasteiger partial charge is 0.274 e. The van der Waals surface area contributed by atoms with Crippen LogP contribution in [-0.2, 0) is 19.6 Å². The Labute approximate surface area is 226 Å².